The zero-order valence-electron chi connectivity index (χ0n) is 15.2. The summed E-state index contributed by atoms with van der Waals surface area (Å²) in [6, 6.07) is 0.204. The van der Waals surface area contributed by atoms with Crippen molar-refractivity contribution in [1.29, 1.82) is 0 Å². The molecule has 2 nitrogen and oxygen atoms in total. The van der Waals surface area contributed by atoms with E-state index in [1.165, 1.54) is 38.5 Å². The molecule has 0 aromatic carbocycles. The van der Waals surface area contributed by atoms with Crippen LogP contribution in [0, 0.1) is 11.3 Å². The van der Waals surface area contributed by atoms with Gasteiger partial charge in [-0.05, 0) is 50.4 Å². The topological polar surface area (TPSA) is 35.2 Å². The molecule has 2 N–H and O–H groups in total. The van der Waals surface area contributed by atoms with Gasteiger partial charge in [-0.15, -0.1) is 0 Å². The van der Waals surface area contributed by atoms with Crippen LogP contribution in [-0.2, 0) is 4.74 Å². The van der Waals surface area contributed by atoms with Crippen molar-refractivity contribution in [3.05, 3.63) is 0 Å². The second kappa shape index (κ2) is 8.53. The Bertz CT molecular complexity index is 277. The summed E-state index contributed by atoms with van der Waals surface area (Å²) in [6.45, 7) is 12.2. The van der Waals surface area contributed by atoms with Gasteiger partial charge in [0, 0.05) is 12.6 Å². The van der Waals surface area contributed by atoms with Crippen molar-refractivity contribution in [1.82, 2.24) is 0 Å². The van der Waals surface area contributed by atoms with E-state index in [9.17, 15) is 0 Å². The fraction of sp³-hybridized carbons (Fsp3) is 1.00. The van der Waals surface area contributed by atoms with Crippen molar-refractivity contribution in [2.45, 2.75) is 104 Å². The Hall–Kier alpha value is -0.0800. The predicted molar refractivity (Wildman–Crippen MR) is 92.5 cm³/mol. The number of rotatable bonds is 9. The molecule has 0 bridgehead atoms. The number of nitrogens with two attached hydrogens (primary N) is 1. The highest BCUT2D eigenvalue weighted by Gasteiger charge is 2.43. The van der Waals surface area contributed by atoms with E-state index in [-0.39, 0.29) is 11.6 Å². The average molecular weight is 298 g/mol. The number of hydrogen-bond acceptors (Lipinski definition) is 2. The van der Waals surface area contributed by atoms with Crippen molar-refractivity contribution in [2.75, 3.05) is 6.61 Å². The van der Waals surface area contributed by atoms with Crippen molar-refractivity contribution >= 4 is 0 Å². The average Bonchev–Trinajstić information content (AvgIpc) is 2.46. The van der Waals surface area contributed by atoms with E-state index >= 15 is 0 Å². The highest BCUT2D eigenvalue weighted by Crippen LogP contribution is 2.44. The molecule has 2 unspecified atom stereocenters. The molecular formula is C19H39NO. The minimum Gasteiger partial charge on any atom is -0.374 e. The predicted octanol–water partition coefficient (Wildman–Crippen LogP) is 5.30. The Balaban J connectivity index is 2.66. The molecule has 126 valence electrons. The van der Waals surface area contributed by atoms with Gasteiger partial charge < -0.3 is 10.5 Å². The van der Waals surface area contributed by atoms with E-state index in [4.69, 9.17) is 10.5 Å². The fourth-order valence-electron chi connectivity index (χ4n) is 3.81. The first-order valence-electron chi connectivity index (χ1n) is 9.28. The Morgan fingerprint density at radius 2 is 1.67 bits per heavy atom. The molecule has 1 rings (SSSR count). The summed E-state index contributed by atoms with van der Waals surface area (Å²) in [7, 11) is 0. The summed E-state index contributed by atoms with van der Waals surface area (Å²) < 4.78 is 6.25. The minimum absolute atomic E-state index is 0.0517. The van der Waals surface area contributed by atoms with Crippen LogP contribution in [0.4, 0.5) is 0 Å². The van der Waals surface area contributed by atoms with E-state index in [0.29, 0.717) is 5.41 Å². The lowest BCUT2D eigenvalue weighted by Crippen LogP contribution is -2.53. The molecule has 0 saturated heterocycles. The smallest absolute Gasteiger partial charge is 0.0832 e. The Morgan fingerprint density at radius 1 is 1.05 bits per heavy atom. The third-order valence-corrected chi connectivity index (χ3v) is 5.69. The van der Waals surface area contributed by atoms with Gasteiger partial charge in [-0.2, -0.15) is 0 Å². The lowest BCUT2D eigenvalue weighted by atomic mass is 9.67. The molecule has 2 atom stereocenters. The SMILES string of the molecule is CCCCC(CC)CC(N)C1(OCC)CCC(C)(C)CC1. The summed E-state index contributed by atoms with van der Waals surface area (Å²) in [5, 5.41) is 0. The number of ether oxygens (including phenoxy) is 1. The normalized spacial score (nSPS) is 23.7. The van der Waals surface area contributed by atoms with Gasteiger partial charge in [0.05, 0.1) is 5.60 Å². The van der Waals surface area contributed by atoms with E-state index in [1.807, 2.05) is 0 Å². The molecule has 0 radical (unpaired) electrons. The van der Waals surface area contributed by atoms with Crippen molar-refractivity contribution in [3.8, 4) is 0 Å². The molecule has 0 amide bonds. The van der Waals surface area contributed by atoms with E-state index in [2.05, 4.69) is 34.6 Å². The first-order valence-corrected chi connectivity index (χ1v) is 9.28. The van der Waals surface area contributed by atoms with Gasteiger partial charge in [0.2, 0.25) is 0 Å². The van der Waals surface area contributed by atoms with Crippen LogP contribution in [0.1, 0.15) is 92.4 Å². The minimum atomic E-state index is -0.0517. The summed E-state index contributed by atoms with van der Waals surface area (Å²) in [6.07, 6.45) is 11.1. The third-order valence-electron chi connectivity index (χ3n) is 5.69. The zero-order chi connectivity index (χ0) is 15.9. The molecule has 2 heteroatoms. The van der Waals surface area contributed by atoms with Gasteiger partial charge in [0.15, 0.2) is 0 Å². The standard InChI is InChI=1S/C19H39NO/c1-6-9-10-16(7-2)15-17(20)19(21-8-3)13-11-18(4,5)12-14-19/h16-17H,6-15,20H2,1-5H3. The van der Waals surface area contributed by atoms with Crippen LogP contribution in [0.15, 0.2) is 0 Å². The first kappa shape index (κ1) is 19.0. The summed E-state index contributed by atoms with van der Waals surface area (Å²) in [5.74, 6) is 0.771. The van der Waals surface area contributed by atoms with Crippen molar-refractivity contribution in [3.63, 3.8) is 0 Å². The van der Waals surface area contributed by atoms with Gasteiger partial charge in [-0.25, -0.2) is 0 Å². The van der Waals surface area contributed by atoms with Crippen LogP contribution in [0.5, 0.6) is 0 Å². The second-order valence-corrected chi connectivity index (χ2v) is 7.92. The van der Waals surface area contributed by atoms with Gasteiger partial charge in [0.1, 0.15) is 0 Å². The molecule has 0 spiro atoms. The van der Waals surface area contributed by atoms with E-state index in [0.717, 1.165) is 31.8 Å². The highest BCUT2D eigenvalue weighted by molar-refractivity contribution is 4.98. The Labute approximate surface area is 133 Å². The molecule has 1 aliphatic carbocycles. The molecule has 1 aliphatic rings. The van der Waals surface area contributed by atoms with E-state index in [1.54, 1.807) is 0 Å². The van der Waals surface area contributed by atoms with Crippen molar-refractivity contribution in [2.24, 2.45) is 17.1 Å². The van der Waals surface area contributed by atoms with Crippen LogP contribution >= 0.6 is 0 Å². The fourth-order valence-corrected chi connectivity index (χ4v) is 3.81. The molecule has 0 aromatic heterocycles. The number of unbranched alkanes of at least 4 members (excludes halogenated alkanes) is 1. The van der Waals surface area contributed by atoms with Gasteiger partial charge in [-0.3, -0.25) is 0 Å². The van der Waals surface area contributed by atoms with Gasteiger partial charge in [0.25, 0.3) is 0 Å². The lowest BCUT2D eigenvalue weighted by Gasteiger charge is -2.47. The Morgan fingerprint density at radius 3 is 2.14 bits per heavy atom. The molecule has 1 saturated carbocycles. The summed E-state index contributed by atoms with van der Waals surface area (Å²) >= 11 is 0. The molecule has 0 heterocycles. The van der Waals surface area contributed by atoms with Gasteiger partial charge in [-0.1, -0.05) is 53.4 Å². The first-order chi connectivity index (χ1) is 9.89. The van der Waals surface area contributed by atoms with Crippen LogP contribution < -0.4 is 5.73 Å². The van der Waals surface area contributed by atoms with Crippen LogP contribution in [0.25, 0.3) is 0 Å². The maximum Gasteiger partial charge on any atom is 0.0832 e. The lowest BCUT2D eigenvalue weighted by molar-refractivity contribution is -0.103. The summed E-state index contributed by atoms with van der Waals surface area (Å²) in [4.78, 5) is 0. The molecule has 1 fully saturated rings. The second-order valence-electron chi connectivity index (χ2n) is 7.92. The molecular weight excluding hydrogens is 258 g/mol. The number of hydrogen-bond donors (Lipinski definition) is 1. The van der Waals surface area contributed by atoms with Gasteiger partial charge >= 0.3 is 0 Å². The third kappa shape index (κ3) is 5.56. The van der Waals surface area contributed by atoms with Crippen LogP contribution in [-0.4, -0.2) is 18.2 Å². The quantitative estimate of drug-likeness (QED) is 0.627. The molecule has 21 heavy (non-hydrogen) atoms. The Kier molecular flexibility index (Phi) is 7.70. The monoisotopic (exact) mass is 297 g/mol. The van der Waals surface area contributed by atoms with Crippen LogP contribution in [0.3, 0.4) is 0 Å². The maximum atomic E-state index is 6.68. The van der Waals surface area contributed by atoms with E-state index < -0.39 is 0 Å². The molecule has 0 aliphatic heterocycles. The maximum absolute atomic E-state index is 6.68. The molecule has 0 aromatic rings. The van der Waals surface area contributed by atoms with Crippen molar-refractivity contribution < 1.29 is 4.74 Å². The summed E-state index contributed by atoms with van der Waals surface area (Å²) in [5.41, 5.74) is 7.09. The largest absolute Gasteiger partial charge is 0.374 e. The zero-order valence-corrected chi connectivity index (χ0v) is 15.2. The highest BCUT2D eigenvalue weighted by atomic mass is 16.5. The van der Waals surface area contributed by atoms with Crippen LogP contribution in [0.2, 0.25) is 0 Å².